The van der Waals surface area contributed by atoms with Crippen LogP contribution in [-0.2, 0) is 9.84 Å². The van der Waals surface area contributed by atoms with Crippen LogP contribution in [0, 0.1) is 0 Å². The van der Waals surface area contributed by atoms with Crippen LogP contribution in [0.2, 0.25) is 0 Å². The van der Waals surface area contributed by atoms with Gasteiger partial charge in [-0.2, -0.15) is 0 Å². The number of likely N-dealkylation sites (N-methyl/N-ethyl adjacent to an activating group) is 1. The van der Waals surface area contributed by atoms with Crippen LogP contribution in [0.1, 0.15) is 23.7 Å². The van der Waals surface area contributed by atoms with E-state index in [1.165, 1.54) is 17.4 Å². The summed E-state index contributed by atoms with van der Waals surface area (Å²) in [7, 11) is -2.94. The van der Waals surface area contributed by atoms with Gasteiger partial charge in [-0.05, 0) is 49.4 Å². The van der Waals surface area contributed by atoms with Crippen LogP contribution < -0.4 is 10.2 Å². The van der Waals surface area contributed by atoms with E-state index < -0.39 is 9.84 Å². The second-order valence-electron chi connectivity index (χ2n) is 8.06. The van der Waals surface area contributed by atoms with Gasteiger partial charge in [-0.3, -0.25) is 4.79 Å². The highest BCUT2D eigenvalue weighted by Gasteiger charge is 2.29. The summed E-state index contributed by atoms with van der Waals surface area (Å²) in [6, 6.07) is 15.4. The van der Waals surface area contributed by atoms with Gasteiger partial charge in [0.15, 0.2) is 9.84 Å². The van der Waals surface area contributed by atoms with Crippen molar-refractivity contribution < 1.29 is 13.2 Å². The molecule has 6 nitrogen and oxygen atoms in total. The summed E-state index contributed by atoms with van der Waals surface area (Å²) in [5.41, 5.74) is 2.51. The summed E-state index contributed by atoms with van der Waals surface area (Å²) in [4.78, 5) is 18.6. The van der Waals surface area contributed by atoms with Crippen LogP contribution in [0.4, 0.5) is 11.4 Å². The SMILES string of the molecule is CCN1CCN(c2ccc(NC(=O)c3ccccc3S[C@@H]3CCS(=O)(=O)C3)cc2)CC1. The molecule has 0 aliphatic carbocycles. The predicted octanol–water partition coefficient (Wildman–Crippen LogP) is 3.36. The third-order valence-electron chi connectivity index (χ3n) is 5.93. The van der Waals surface area contributed by atoms with Gasteiger partial charge in [0.1, 0.15) is 0 Å². The summed E-state index contributed by atoms with van der Waals surface area (Å²) in [6.07, 6.45) is 0.636. The Labute approximate surface area is 188 Å². The fraction of sp³-hybridized carbons (Fsp3) is 0.435. The second kappa shape index (κ2) is 9.63. The highest BCUT2D eigenvalue weighted by Crippen LogP contribution is 2.33. The Morgan fingerprint density at radius 1 is 1.06 bits per heavy atom. The van der Waals surface area contributed by atoms with Gasteiger partial charge in [0.2, 0.25) is 0 Å². The maximum absolute atomic E-state index is 12.9. The van der Waals surface area contributed by atoms with E-state index in [1.54, 1.807) is 6.07 Å². The van der Waals surface area contributed by atoms with Crippen molar-refractivity contribution in [2.24, 2.45) is 0 Å². The van der Waals surface area contributed by atoms with E-state index in [4.69, 9.17) is 0 Å². The molecule has 1 atom stereocenters. The quantitative estimate of drug-likeness (QED) is 0.714. The van der Waals surface area contributed by atoms with Gasteiger partial charge in [0.25, 0.3) is 5.91 Å². The largest absolute Gasteiger partial charge is 0.369 e. The number of anilines is 2. The molecule has 2 saturated heterocycles. The van der Waals surface area contributed by atoms with Gasteiger partial charge in [-0.15, -0.1) is 11.8 Å². The lowest BCUT2D eigenvalue weighted by atomic mass is 10.2. The minimum Gasteiger partial charge on any atom is -0.369 e. The van der Waals surface area contributed by atoms with Crippen molar-refractivity contribution in [3.8, 4) is 0 Å². The fourth-order valence-corrected chi connectivity index (χ4v) is 7.69. The number of rotatable bonds is 6. The third kappa shape index (κ3) is 5.61. The molecule has 0 radical (unpaired) electrons. The first-order valence-electron chi connectivity index (χ1n) is 10.8. The first kappa shape index (κ1) is 22.2. The maximum atomic E-state index is 12.9. The number of nitrogens with one attached hydrogen (secondary N) is 1. The lowest BCUT2D eigenvalue weighted by molar-refractivity contribution is 0.102. The summed E-state index contributed by atoms with van der Waals surface area (Å²) >= 11 is 1.49. The first-order valence-corrected chi connectivity index (χ1v) is 13.5. The van der Waals surface area contributed by atoms with E-state index in [9.17, 15) is 13.2 Å². The smallest absolute Gasteiger partial charge is 0.256 e. The van der Waals surface area contributed by atoms with Gasteiger partial charge in [0.05, 0.1) is 17.1 Å². The molecule has 1 amide bonds. The molecule has 0 unspecified atom stereocenters. The zero-order chi connectivity index (χ0) is 21.8. The van der Waals surface area contributed by atoms with Crippen LogP contribution >= 0.6 is 11.8 Å². The molecular formula is C23H29N3O3S2. The number of thioether (sulfide) groups is 1. The van der Waals surface area contributed by atoms with Crippen molar-refractivity contribution >= 4 is 38.9 Å². The van der Waals surface area contributed by atoms with Crippen LogP contribution in [0.25, 0.3) is 0 Å². The molecule has 2 aliphatic heterocycles. The summed E-state index contributed by atoms with van der Waals surface area (Å²) in [5, 5.41) is 2.99. The highest BCUT2D eigenvalue weighted by atomic mass is 32.2. The zero-order valence-corrected chi connectivity index (χ0v) is 19.4. The monoisotopic (exact) mass is 459 g/mol. The summed E-state index contributed by atoms with van der Waals surface area (Å²) in [5.74, 6) is 0.244. The van der Waals surface area contributed by atoms with Crippen LogP contribution in [0.15, 0.2) is 53.4 Å². The number of carbonyl (C=O) groups is 1. The molecule has 31 heavy (non-hydrogen) atoms. The van der Waals surface area contributed by atoms with Crippen molar-refractivity contribution in [2.45, 2.75) is 23.5 Å². The Bertz CT molecular complexity index is 1020. The van der Waals surface area contributed by atoms with E-state index in [1.807, 2.05) is 30.3 Å². The van der Waals surface area contributed by atoms with Crippen LogP contribution in [-0.4, -0.2) is 68.7 Å². The van der Waals surface area contributed by atoms with E-state index in [-0.39, 0.29) is 22.7 Å². The van der Waals surface area contributed by atoms with E-state index in [0.717, 1.165) is 43.3 Å². The number of nitrogens with zero attached hydrogens (tertiary/aromatic N) is 2. The Morgan fingerprint density at radius 3 is 2.42 bits per heavy atom. The molecule has 166 valence electrons. The van der Waals surface area contributed by atoms with Crippen LogP contribution in [0.3, 0.4) is 0 Å². The second-order valence-corrected chi connectivity index (χ2v) is 11.6. The molecule has 0 bridgehead atoms. The van der Waals surface area contributed by atoms with Gasteiger partial charge in [-0.1, -0.05) is 19.1 Å². The van der Waals surface area contributed by atoms with Gasteiger partial charge in [-0.25, -0.2) is 8.42 Å². The van der Waals surface area contributed by atoms with Crippen molar-refractivity contribution in [1.82, 2.24) is 4.90 Å². The maximum Gasteiger partial charge on any atom is 0.256 e. The molecule has 0 spiro atoms. The molecule has 2 aliphatic rings. The Morgan fingerprint density at radius 2 is 1.77 bits per heavy atom. The van der Waals surface area contributed by atoms with Gasteiger partial charge < -0.3 is 15.1 Å². The number of benzene rings is 2. The molecule has 4 rings (SSSR count). The standard InChI is InChI=1S/C23H29N3O3S2/c1-2-25-12-14-26(15-13-25)19-9-7-18(8-10-19)24-23(27)21-5-3-4-6-22(21)30-20-11-16-31(28,29)17-20/h3-10,20H,2,11-17H2,1H3,(H,24,27)/t20-/m1/s1. The van der Waals surface area contributed by atoms with Crippen LogP contribution in [0.5, 0.6) is 0 Å². The predicted molar refractivity (Wildman–Crippen MR) is 128 cm³/mol. The van der Waals surface area contributed by atoms with Crippen molar-refractivity contribution in [2.75, 3.05) is 54.4 Å². The lowest BCUT2D eigenvalue weighted by Crippen LogP contribution is -2.46. The average molecular weight is 460 g/mol. The minimum atomic E-state index is -2.94. The molecule has 8 heteroatoms. The van der Waals surface area contributed by atoms with Crippen molar-refractivity contribution in [1.29, 1.82) is 0 Å². The molecule has 1 N–H and O–H groups in total. The minimum absolute atomic E-state index is 0.00593. The first-order chi connectivity index (χ1) is 14.9. The molecule has 0 saturated carbocycles. The highest BCUT2D eigenvalue weighted by molar-refractivity contribution is 8.02. The zero-order valence-electron chi connectivity index (χ0n) is 17.8. The van der Waals surface area contributed by atoms with E-state index in [0.29, 0.717) is 12.0 Å². The molecule has 0 aromatic heterocycles. The Hall–Kier alpha value is -2.03. The normalized spacial score (nSPS) is 21.2. The number of hydrogen-bond acceptors (Lipinski definition) is 6. The van der Waals surface area contributed by atoms with Gasteiger partial charge >= 0.3 is 0 Å². The fourth-order valence-electron chi connectivity index (χ4n) is 4.07. The topological polar surface area (TPSA) is 69.7 Å². The lowest BCUT2D eigenvalue weighted by Gasteiger charge is -2.35. The Kier molecular flexibility index (Phi) is 6.89. The number of amides is 1. The van der Waals surface area contributed by atoms with E-state index >= 15 is 0 Å². The molecule has 2 heterocycles. The number of sulfone groups is 1. The third-order valence-corrected chi connectivity index (χ3v) is 9.25. The molecule has 2 fully saturated rings. The summed E-state index contributed by atoms with van der Waals surface area (Å²) < 4.78 is 23.5. The molecular weight excluding hydrogens is 430 g/mol. The van der Waals surface area contributed by atoms with Gasteiger partial charge in [0, 0.05) is 47.7 Å². The number of piperazine rings is 1. The van der Waals surface area contributed by atoms with E-state index in [2.05, 4.69) is 34.2 Å². The summed E-state index contributed by atoms with van der Waals surface area (Å²) in [6.45, 7) is 7.47. The molecule has 2 aromatic carbocycles. The van der Waals surface area contributed by atoms with Crippen molar-refractivity contribution in [3.05, 3.63) is 54.1 Å². The molecule has 2 aromatic rings. The average Bonchev–Trinajstić information content (AvgIpc) is 3.13. The number of hydrogen-bond donors (Lipinski definition) is 1. The number of carbonyl (C=O) groups excluding carboxylic acids is 1. The van der Waals surface area contributed by atoms with Crippen molar-refractivity contribution in [3.63, 3.8) is 0 Å². The Balaban J connectivity index is 1.40.